The van der Waals surface area contributed by atoms with E-state index in [0.717, 1.165) is 6.42 Å². The molecule has 1 aromatic rings. The summed E-state index contributed by atoms with van der Waals surface area (Å²) in [7, 11) is 0. The first-order valence-electron chi connectivity index (χ1n) is 3.92. The number of rotatable bonds is 1. The van der Waals surface area contributed by atoms with Crippen molar-refractivity contribution in [2.24, 2.45) is 5.73 Å². The van der Waals surface area contributed by atoms with Gasteiger partial charge in [0.2, 0.25) is 0 Å². The summed E-state index contributed by atoms with van der Waals surface area (Å²) in [5.74, 6) is 0. The van der Waals surface area contributed by atoms with Gasteiger partial charge in [0.25, 0.3) is 0 Å². The molecule has 2 heteroatoms. The van der Waals surface area contributed by atoms with Gasteiger partial charge in [0.1, 0.15) is 0 Å². The van der Waals surface area contributed by atoms with Gasteiger partial charge in [-0.25, -0.2) is 0 Å². The van der Waals surface area contributed by atoms with Gasteiger partial charge < -0.3 is 5.73 Å². The van der Waals surface area contributed by atoms with Crippen LogP contribution in [0, 0.1) is 6.92 Å². The smallest absolute Gasteiger partial charge is 0.00141 e. The molecule has 0 bridgehead atoms. The fourth-order valence-corrected chi connectivity index (χ4v) is 0.890. The minimum absolute atomic E-state index is 0.384. The van der Waals surface area contributed by atoms with E-state index >= 15 is 0 Å². The van der Waals surface area contributed by atoms with Crippen molar-refractivity contribution < 1.29 is 0 Å². The molecule has 0 aromatic carbocycles. The van der Waals surface area contributed by atoms with Crippen molar-refractivity contribution in [3.8, 4) is 0 Å². The third-order valence-corrected chi connectivity index (χ3v) is 2.11. The highest BCUT2D eigenvalue weighted by atomic mass is 32.1. The topological polar surface area (TPSA) is 26.0 Å². The summed E-state index contributed by atoms with van der Waals surface area (Å²) >= 11 is 1.78. The molecule has 0 radical (unpaired) electrons. The molecule has 0 aliphatic rings. The summed E-state index contributed by atoms with van der Waals surface area (Å²) in [6.07, 6.45) is 1.08. The summed E-state index contributed by atoms with van der Waals surface area (Å²) in [6.45, 7) is 6.18. The van der Waals surface area contributed by atoms with Gasteiger partial charge in [-0.1, -0.05) is 13.0 Å². The first kappa shape index (κ1) is 10.7. The Morgan fingerprint density at radius 1 is 1.64 bits per heavy atom. The van der Waals surface area contributed by atoms with Crippen LogP contribution in [0.25, 0.3) is 0 Å². The second-order valence-corrected chi connectivity index (χ2v) is 3.76. The number of thiophene rings is 1. The van der Waals surface area contributed by atoms with E-state index in [1.54, 1.807) is 11.3 Å². The number of hydrogen-bond donors (Lipinski definition) is 1. The second kappa shape index (κ2) is 6.38. The lowest BCUT2D eigenvalue weighted by molar-refractivity contribution is 0.715. The summed E-state index contributed by atoms with van der Waals surface area (Å²) in [5, 5.41) is 2.08. The molecule has 1 atom stereocenters. The highest BCUT2D eigenvalue weighted by Crippen LogP contribution is 2.03. The summed E-state index contributed by atoms with van der Waals surface area (Å²) in [6, 6.07) is 4.54. The van der Waals surface area contributed by atoms with Gasteiger partial charge in [-0.15, -0.1) is 11.3 Å². The molecular weight excluding hydrogens is 154 g/mol. The Morgan fingerprint density at radius 2 is 2.18 bits per heavy atom. The van der Waals surface area contributed by atoms with Crippen LogP contribution in [0.3, 0.4) is 0 Å². The molecule has 0 saturated carbocycles. The lowest BCUT2D eigenvalue weighted by Crippen LogP contribution is -2.11. The van der Waals surface area contributed by atoms with Crippen LogP contribution < -0.4 is 5.73 Å². The third kappa shape index (κ3) is 7.56. The van der Waals surface area contributed by atoms with Crippen LogP contribution in [0.1, 0.15) is 25.1 Å². The van der Waals surface area contributed by atoms with Crippen LogP contribution >= 0.6 is 11.3 Å². The van der Waals surface area contributed by atoms with Crippen molar-refractivity contribution in [1.29, 1.82) is 0 Å². The van der Waals surface area contributed by atoms with E-state index in [2.05, 4.69) is 31.4 Å². The van der Waals surface area contributed by atoms with Crippen LogP contribution in [0.2, 0.25) is 0 Å². The van der Waals surface area contributed by atoms with E-state index in [-0.39, 0.29) is 0 Å². The molecule has 0 spiro atoms. The number of aryl methyl sites for hydroxylation is 1. The molecule has 1 rings (SSSR count). The monoisotopic (exact) mass is 171 g/mol. The number of nitrogens with two attached hydrogens (primary N) is 1. The quantitative estimate of drug-likeness (QED) is 0.691. The predicted molar refractivity (Wildman–Crippen MR) is 53.0 cm³/mol. The van der Waals surface area contributed by atoms with Crippen molar-refractivity contribution >= 4 is 11.3 Å². The maximum absolute atomic E-state index is 5.29. The van der Waals surface area contributed by atoms with Crippen molar-refractivity contribution in [1.82, 2.24) is 0 Å². The van der Waals surface area contributed by atoms with E-state index in [0.29, 0.717) is 6.04 Å². The van der Waals surface area contributed by atoms with E-state index in [9.17, 15) is 0 Å². The van der Waals surface area contributed by atoms with Gasteiger partial charge in [-0.05, 0) is 31.7 Å². The largest absolute Gasteiger partial charge is 0.328 e. The Labute approximate surface area is 73.2 Å². The van der Waals surface area contributed by atoms with Crippen molar-refractivity contribution in [2.75, 3.05) is 0 Å². The maximum atomic E-state index is 5.29. The Morgan fingerprint density at radius 3 is 2.27 bits per heavy atom. The highest BCUT2D eigenvalue weighted by molar-refractivity contribution is 7.09. The lowest BCUT2D eigenvalue weighted by Gasteiger charge is -1.91. The Kier molecular flexibility index (Phi) is 6.18. The van der Waals surface area contributed by atoms with Gasteiger partial charge in [0.15, 0.2) is 0 Å². The Balaban J connectivity index is 0.000000187. The summed E-state index contributed by atoms with van der Waals surface area (Å²) in [4.78, 5) is 1.38. The fourth-order valence-electron chi connectivity index (χ4n) is 0.361. The maximum Gasteiger partial charge on any atom is 0.00141 e. The van der Waals surface area contributed by atoms with Gasteiger partial charge in [0.05, 0.1) is 0 Å². The van der Waals surface area contributed by atoms with E-state index in [1.807, 2.05) is 6.92 Å². The third-order valence-electron chi connectivity index (χ3n) is 1.31. The molecule has 1 unspecified atom stereocenters. The van der Waals surface area contributed by atoms with Gasteiger partial charge >= 0.3 is 0 Å². The van der Waals surface area contributed by atoms with E-state index in [4.69, 9.17) is 5.73 Å². The predicted octanol–water partition coefficient (Wildman–Crippen LogP) is 2.80. The molecule has 0 aliphatic carbocycles. The van der Waals surface area contributed by atoms with Crippen LogP contribution in [0.4, 0.5) is 0 Å². The van der Waals surface area contributed by atoms with Gasteiger partial charge in [-0.3, -0.25) is 0 Å². The highest BCUT2D eigenvalue weighted by Gasteiger charge is 1.79. The normalized spacial score (nSPS) is 11.6. The zero-order valence-electron chi connectivity index (χ0n) is 7.50. The average Bonchev–Trinajstić information content (AvgIpc) is 2.41. The Hall–Kier alpha value is -0.340. The summed E-state index contributed by atoms with van der Waals surface area (Å²) < 4.78 is 0. The van der Waals surface area contributed by atoms with Crippen LogP contribution in [-0.4, -0.2) is 6.04 Å². The zero-order chi connectivity index (χ0) is 8.69. The molecule has 0 fully saturated rings. The molecule has 0 aliphatic heterocycles. The molecule has 64 valence electrons. The molecular formula is C9H17NS. The van der Waals surface area contributed by atoms with Crippen LogP contribution in [0.15, 0.2) is 17.5 Å². The molecule has 0 saturated heterocycles. The van der Waals surface area contributed by atoms with E-state index in [1.165, 1.54) is 4.88 Å². The standard InChI is InChI=1S/C5H6S.C4H11N/c1-5-3-2-4-6-5;1-3-4(2)5/h2-4H,1H3;4H,3,5H2,1-2H3. The SMILES string of the molecule is CCC(C)N.Cc1cccs1. The minimum atomic E-state index is 0.384. The summed E-state index contributed by atoms with van der Waals surface area (Å²) in [5.41, 5.74) is 5.29. The molecule has 0 amide bonds. The molecule has 1 aromatic heterocycles. The van der Waals surface area contributed by atoms with Crippen molar-refractivity contribution in [3.05, 3.63) is 22.4 Å². The van der Waals surface area contributed by atoms with E-state index < -0.39 is 0 Å². The lowest BCUT2D eigenvalue weighted by atomic mass is 10.3. The van der Waals surface area contributed by atoms with Gasteiger partial charge in [-0.2, -0.15) is 0 Å². The molecule has 2 N–H and O–H groups in total. The first-order valence-corrected chi connectivity index (χ1v) is 4.80. The zero-order valence-corrected chi connectivity index (χ0v) is 8.32. The Bertz CT molecular complexity index is 156. The van der Waals surface area contributed by atoms with Crippen LogP contribution in [-0.2, 0) is 0 Å². The first-order chi connectivity index (χ1) is 5.16. The van der Waals surface area contributed by atoms with Crippen LogP contribution in [0.5, 0.6) is 0 Å². The molecule has 11 heavy (non-hydrogen) atoms. The number of hydrogen-bond acceptors (Lipinski definition) is 2. The fraction of sp³-hybridized carbons (Fsp3) is 0.556. The van der Waals surface area contributed by atoms with Crippen molar-refractivity contribution in [3.63, 3.8) is 0 Å². The molecule has 1 nitrogen and oxygen atoms in total. The van der Waals surface area contributed by atoms with Gasteiger partial charge in [0, 0.05) is 10.9 Å². The molecule has 1 heterocycles. The minimum Gasteiger partial charge on any atom is -0.328 e. The van der Waals surface area contributed by atoms with Crippen molar-refractivity contribution in [2.45, 2.75) is 33.2 Å². The average molecular weight is 171 g/mol. The second-order valence-electron chi connectivity index (χ2n) is 2.61.